The second-order valence-corrected chi connectivity index (χ2v) is 4.14. The predicted molar refractivity (Wildman–Crippen MR) is 74.3 cm³/mol. The molecule has 0 bridgehead atoms. The zero-order chi connectivity index (χ0) is 14.5. The molecule has 0 aliphatic heterocycles. The Labute approximate surface area is 117 Å². The van der Waals surface area contributed by atoms with Crippen LogP contribution in [0.25, 0.3) is 0 Å². The van der Waals surface area contributed by atoms with E-state index in [1.807, 2.05) is 25.1 Å². The lowest BCUT2D eigenvalue weighted by molar-refractivity contribution is 0.347. The molecule has 1 heterocycles. The van der Waals surface area contributed by atoms with Crippen LogP contribution >= 0.6 is 0 Å². The van der Waals surface area contributed by atoms with Gasteiger partial charge in [-0.1, -0.05) is 12.1 Å². The van der Waals surface area contributed by atoms with Gasteiger partial charge in [0, 0.05) is 6.54 Å². The molecule has 0 atom stereocenters. The fourth-order valence-corrected chi connectivity index (χ4v) is 1.62. The summed E-state index contributed by atoms with van der Waals surface area (Å²) in [6.45, 7) is 2.38. The minimum absolute atomic E-state index is 0.165. The summed E-state index contributed by atoms with van der Waals surface area (Å²) in [7, 11) is 3.04. The summed E-state index contributed by atoms with van der Waals surface area (Å²) in [4.78, 5) is 8.25. The average molecular weight is 275 g/mol. The van der Waals surface area contributed by atoms with Gasteiger partial charge in [-0.15, -0.1) is 0 Å². The number of hydrogen-bond donors (Lipinski definition) is 1. The third-order valence-corrected chi connectivity index (χ3v) is 2.77. The van der Waals surface area contributed by atoms with Gasteiger partial charge in [0.15, 0.2) is 0 Å². The Morgan fingerprint density at radius 2 is 1.70 bits per heavy atom. The lowest BCUT2D eigenvalue weighted by Gasteiger charge is -2.10. The van der Waals surface area contributed by atoms with Crippen molar-refractivity contribution in [1.29, 1.82) is 0 Å². The molecule has 1 aromatic carbocycles. The molecule has 0 spiro atoms. The first kappa shape index (κ1) is 14.1. The lowest BCUT2D eigenvalue weighted by atomic mass is 10.1. The van der Waals surface area contributed by atoms with Gasteiger partial charge in [0.25, 0.3) is 0 Å². The second-order valence-electron chi connectivity index (χ2n) is 4.14. The minimum atomic E-state index is 0.165. The van der Waals surface area contributed by atoms with Gasteiger partial charge in [-0.25, -0.2) is 0 Å². The number of nitrogens with two attached hydrogens (primary N) is 1. The molecule has 0 saturated carbocycles. The van der Waals surface area contributed by atoms with Gasteiger partial charge in [-0.2, -0.15) is 9.97 Å². The van der Waals surface area contributed by atoms with E-state index in [1.165, 1.54) is 14.2 Å². The first-order valence-electron chi connectivity index (χ1n) is 6.10. The first-order chi connectivity index (χ1) is 9.66. The molecule has 6 nitrogen and oxygen atoms in total. The number of nitrogens with zero attached hydrogens (tertiary/aromatic N) is 2. The minimum Gasteiger partial charge on any atom is -0.481 e. The highest BCUT2D eigenvalue weighted by molar-refractivity contribution is 5.38. The zero-order valence-electron chi connectivity index (χ0n) is 11.7. The normalized spacial score (nSPS) is 10.2. The quantitative estimate of drug-likeness (QED) is 0.899. The SMILES string of the molecule is COc1cc(OC)nc(Oc2cc(CN)ccc2C)n1. The van der Waals surface area contributed by atoms with Crippen LogP contribution in [0.1, 0.15) is 11.1 Å². The predicted octanol–water partition coefficient (Wildman–Crippen LogP) is 2.05. The number of aryl methyl sites for hydroxylation is 1. The molecule has 20 heavy (non-hydrogen) atoms. The van der Waals surface area contributed by atoms with E-state index < -0.39 is 0 Å². The Balaban J connectivity index is 2.33. The molecule has 106 valence electrons. The van der Waals surface area contributed by atoms with Gasteiger partial charge < -0.3 is 19.9 Å². The van der Waals surface area contributed by atoms with Crippen LogP contribution in [0.3, 0.4) is 0 Å². The Bertz CT molecular complexity index is 580. The number of methoxy groups -OCH3 is 2. The topological polar surface area (TPSA) is 79.5 Å². The molecular formula is C14H17N3O3. The van der Waals surface area contributed by atoms with Gasteiger partial charge in [0.2, 0.25) is 11.8 Å². The molecular weight excluding hydrogens is 258 g/mol. The molecule has 0 unspecified atom stereocenters. The number of rotatable bonds is 5. The van der Waals surface area contributed by atoms with Crippen molar-refractivity contribution >= 4 is 0 Å². The van der Waals surface area contributed by atoms with Crippen LogP contribution in [-0.4, -0.2) is 24.2 Å². The fourth-order valence-electron chi connectivity index (χ4n) is 1.62. The Hall–Kier alpha value is -2.34. The van der Waals surface area contributed by atoms with E-state index in [4.69, 9.17) is 19.9 Å². The van der Waals surface area contributed by atoms with E-state index in [0.717, 1.165) is 11.1 Å². The van der Waals surface area contributed by atoms with Gasteiger partial charge in [-0.05, 0) is 24.1 Å². The maximum atomic E-state index is 5.70. The van der Waals surface area contributed by atoms with Crippen LogP contribution in [0.4, 0.5) is 0 Å². The molecule has 0 radical (unpaired) electrons. The van der Waals surface area contributed by atoms with Crippen molar-refractivity contribution in [3.8, 4) is 23.5 Å². The van der Waals surface area contributed by atoms with E-state index >= 15 is 0 Å². The van der Waals surface area contributed by atoms with Gasteiger partial charge >= 0.3 is 6.01 Å². The third-order valence-electron chi connectivity index (χ3n) is 2.77. The molecule has 0 saturated heterocycles. The van der Waals surface area contributed by atoms with Gasteiger partial charge in [0.1, 0.15) is 5.75 Å². The van der Waals surface area contributed by atoms with E-state index in [1.54, 1.807) is 6.07 Å². The summed E-state index contributed by atoms with van der Waals surface area (Å²) in [6.07, 6.45) is 0. The van der Waals surface area contributed by atoms with E-state index in [2.05, 4.69) is 9.97 Å². The summed E-state index contributed by atoms with van der Waals surface area (Å²) in [5, 5.41) is 0. The van der Waals surface area contributed by atoms with E-state index in [9.17, 15) is 0 Å². The van der Waals surface area contributed by atoms with Crippen LogP contribution in [0.15, 0.2) is 24.3 Å². The molecule has 2 N–H and O–H groups in total. The highest BCUT2D eigenvalue weighted by Crippen LogP contribution is 2.26. The van der Waals surface area contributed by atoms with Crippen LogP contribution in [-0.2, 0) is 6.54 Å². The third kappa shape index (κ3) is 3.16. The summed E-state index contributed by atoms with van der Waals surface area (Å²) in [5.41, 5.74) is 7.56. The van der Waals surface area contributed by atoms with Crippen molar-refractivity contribution in [2.45, 2.75) is 13.5 Å². The maximum Gasteiger partial charge on any atom is 0.328 e. The van der Waals surface area contributed by atoms with Crippen molar-refractivity contribution < 1.29 is 14.2 Å². The fraction of sp³-hybridized carbons (Fsp3) is 0.286. The van der Waals surface area contributed by atoms with E-state index in [0.29, 0.717) is 24.1 Å². The highest BCUT2D eigenvalue weighted by atomic mass is 16.5. The van der Waals surface area contributed by atoms with Crippen molar-refractivity contribution in [1.82, 2.24) is 9.97 Å². The molecule has 0 fully saturated rings. The number of ether oxygens (including phenoxy) is 3. The van der Waals surface area contributed by atoms with Crippen molar-refractivity contribution in [2.24, 2.45) is 5.73 Å². The lowest BCUT2D eigenvalue weighted by Crippen LogP contribution is -2.00. The molecule has 0 amide bonds. The van der Waals surface area contributed by atoms with Crippen molar-refractivity contribution in [3.05, 3.63) is 35.4 Å². The number of aromatic nitrogens is 2. The standard InChI is InChI=1S/C14H17N3O3/c1-9-4-5-10(8-15)6-11(9)20-14-16-12(18-2)7-13(17-14)19-3/h4-7H,8,15H2,1-3H3. The van der Waals surface area contributed by atoms with Crippen LogP contribution in [0, 0.1) is 6.92 Å². The van der Waals surface area contributed by atoms with Crippen molar-refractivity contribution in [2.75, 3.05) is 14.2 Å². The number of benzene rings is 1. The van der Waals surface area contributed by atoms with Crippen LogP contribution in [0.2, 0.25) is 0 Å². The Morgan fingerprint density at radius 3 is 2.25 bits per heavy atom. The smallest absolute Gasteiger partial charge is 0.328 e. The summed E-state index contributed by atoms with van der Waals surface area (Å²) in [5.74, 6) is 1.40. The maximum absolute atomic E-state index is 5.70. The summed E-state index contributed by atoms with van der Waals surface area (Å²) < 4.78 is 15.9. The van der Waals surface area contributed by atoms with Gasteiger partial charge in [0.05, 0.1) is 20.3 Å². The molecule has 1 aromatic heterocycles. The second kappa shape index (κ2) is 6.21. The van der Waals surface area contributed by atoms with E-state index in [-0.39, 0.29) is 6.01 Å². The summed E-state index contributed by atoms with van der Waals surface area (Å²) in [6, 6.07) is 7.50. The largest absolute Gasteiger partial charge is 0.481 e. The first-order valence-corrected chi connectivity index (χ1v) is 6.10. The molecule has 0 aliphatic rings. The monoisotopic (exact) mass is 275 g/mol. The highest BCUT2D eigenvalue weighted by Gasteiger charge is 2.09. The Morgan fingerprint density at radius 1 is 1.05 bits per heavy atom. The zero-order valence-corrected chi connectivity index (χ0v) is 11.7. The molecule has 2 rings (SSSR count). The van der Waals surface area contributed by atoms with Crippen LogP contribution in [0.5, 0.6) is 23.5 Å². The molecule has 2 aromatic rings. The molecule has 6 heteroatoms. The molecule has 0 aliphatic carbocycles. The van der Waals surface area contributed by atoms with Crippen molar-refractivity contribution in [3.63, 3.8) is 0 Å². The van der Waals surface area contributed by atoms with Gasteiger partial charge in [-0.3, -0.25) is 0 Å². The Kier molecular flexibility index (Phi) is 4.37. The summed E-state index contributed by atoms with van der Waals surface area (Å²) >= 11 is 0. The van der Waals surface area contributed by atoms with Crippen LogP contribution < -0.4 is 19.9 Å². The number of hydrogen-bond acceptors (Lipinski definition) is 6. The average Bonchev–Trinajstić information content (AvgIpc) is 2.49.